The lowest BCUT2D eigenvalue weighted by molar-refractivity contribution is -0.112. The molecule has 3 fully saturated rings. The van der Waals surface area contributed by atoms with Crippen molar-refractivity contribution >= 4 is 29.2 Å². The van der Waals surface area contributed by atoms with Crippen LogP contribution in [0.4, 0.5) is 20.7 Å². The van der Waals surface area contributed by atoms with Gasteiger partial charge >= 0.3 is 6.09 Å². The molecule has 2 aliphatic heterocycles. The molecule has 3 atom stereocenters. The molecule has 34 heavy (non-hydrogen) atoms. The van der Waals surface area contributed by atoms with Gasteiger partial charge in [0.05, 0.1) is 35.6 Å². The lowest BCUT2D eigenvalue weighted by atomic mass is 9.84. The third-order valence-corrected chi connectivity index (χ3v) is 6.72. The average molecular weight is 488 g/mol. The number of carbonyl (C=O) groups excluding carboxylic acids is 1. The number of hydrogen-bond acceptors (Lipinski definition) is 8. The lowest BCUT2D eigenvalue weighted by Gasteiger charge is -2.46. The van der Waals surface area contributed by atoms with Crippen LogP contribution in [0.5, 0.6) is 5.88 Å². The number of nitrogens with zero attached hydrogens (tertiary/aromatic N) is 4. The number of fused-ring (bicyclic) bond motifs is 2. The molecule has 1 aliphatic carbocycles. The number of hydrogen-bond donors (Lipinski definition) is 1. The zero-order valence-corrected chi connectivity index (χ0v) is 19.2. The van der Waals surface area contributed by atoms with Crippen molar-refractivity contribution in [3.8, 4) is 11.9 Å². The van der Waals surface area contributed by atoms with Gasteiger partial charge in [0.25, 0.3) is 5.88 Å². The maximum absolute atomic E-state index is 15.2. The average Bonchev–Trinajstić information content (AvgIpc) is 3.53. The van der Waals surface area contributed by atoms with E-state index in [0.29, 0.717) is 37.6 Å². The SMILES string of the molecule is CC1(OC(=O)N2CC3COC[C@@H](C2)C3Oc2ncnc(Nc3ccc(C#N)cc3Cl)c2F)CC1. The first kappa shape index (κ1) is 22.6. The van der Waals surface area contributed by atoms with Crippen molar-refractivity contribution in [3.05, 3.63) is 40.9 Å². The first-order valence-corrected chi connectivity index (χ1v) is 11.4. The lowest BCUT2D eigenvalue weighted by Crippen LogP contribution is -2.59. The predicted octanol–water partition coefficient (Wildman–Crippen LogP) is 3.90. The Morgan fingerprint density at radius 3 is 2.71 bits per heavy atom. The van der Waals surface area contributed by atoms with E-state index in [1.807, 2.05) is 13.0 Å². The van der Waals surface area contributed by atoms with E-state index >= 15 is 4.39 Å². The van der Waals surface area contributed by atoms with Gasteiger partial charge in [0.2, 0.25) is 5.82 Å². The van der Waals surface area contributed by atoms with E-state index in [-0.39, 0.29) is 46.4 Å². The number of carbonyl (C=O) groups is 1. The van der Waals surface area contributed by atoms with Crippen molar-refractivity contribution in [1.82, 2.24) is 14.9 Å². The van der Waals surface area contributed by atoms with Crippen LogP contribution in [-0.4, -0.2) is 59.0 Å². The van der Waals surface area contributed by atoms with Gasteiger partial charge in [-0.2, -0.15) is 14.6 Å². The Balaban J connectivity index is 1.30. The second-order valence-corrected chi connectivity index (χ2v) is 9.54. The Labute approximate surface area is 200 Å². The molecule has 11 heteroatoms. The van der Waals surface area contributed by atoms with Gasteiger partial charge < -0.3 is 24.4 Å². The van der Waals surface area contributed by atoms with E-state index in [0.717, 1.165) is 12.8 Å². The summed E-state index contributed by atoms with van der Waals surface area (Å²) in [5, 5.41) is 12.1. The summed E-state index contributed by atoms with van der Waals surface area (Å²) in [6, 6.07) is 6.60. The fourth-order valence-corrected chi connectivity index (χ4v) is 4.49. The van der Waals surface area contributed by atoms with Gasteiger partial charge in [0.1, 0.15) is 18.0 Å². The number of ether oxygens (including phenoxy) is 3. The van der Waals surface area contributed by atoms with Crippen LogP contribution in [0.15, 0.2) is 24.5 Å². The molecule has 1 amide bonds. The van der Waals surface area contributed by atoms with Crippen LogP contribution < -0.4 is 10.1 Å². The van der Waals surface area contributed by atoms with Crippen LogP contribution in [0.25, 0.3) is 0 Å². The molecule has 5 rings (SSSR count). The van der Waals surface area contributed by atoms with Crippen molar-refractivity contribution in [3.63, 3.8) is 0 Å². The van der Waals surface area contributed by atoms with Gasteiger partial charge in [-0.15, -0.1) is 0 Å². The molecule has 1 saturated carbocycles. The van der Waals surface area contributed by atoms with Crippen molar-refractivity contribution in [2.75, 3.05) is 31.6 Å². The molecule has 1 N–H and O–H groups in total. The fraction of sp³-hybridized carbons (Fsp3) is 0.478. The monoisotopic (exact) mass is 487 g/mol. The highest BCUT2D eigenvalue weighted by atomic mass is 35.5. The molecule has 2 bridgehead atoms. The quantitative estimate of drug-likeness (QED) is 0.676. The number of halogens is 2. The third kappa shape index (κ3) is 4.58. The van der Waals surface area contributed by atoms with Crippen LogP contribution in [0.2, 0.25) is 5.02 Å². The second-order valence-electron chi connectivity index (χ2n) is 9.14. The number of benzene rings is 1. The highest BCUT2D eigenvalue weighted by Gasteiger charge is 2.47. The normalized spacial score (nSPS) is 24.6. The molecule has 1 aromatic heterocycles. The molecule has 178 valence electrons. The summed E-state index contributed by atoms with van der Waals surface area (Å²) in [6.45, 7) is 3.50. The van der Waals surface area contributed by atoms with Gasteiger partial charge in [-0.25, -0.2) is 9.78 Å². The highest BCUT2D eigenvalue weighted by Crippen LogP contribution is 2.40. The summed E-state index contributed by atoms with van der Waals surface area (Å²) >= 11 is 6.19. The Morgan fingerprint density at radius 2 is 2.06 bits per heavy atom. The van der Waals surface area contributed by atoms with Crippen LogP contribution >= 0.6 is 11.6 Å². The standard InChI is InChI=1S/C23H23ClFN5O4/c1-23(4-5-23)34-22(31)30-8-14-10-32-11-15(9-30)19(14)33-21-18(25)20(27-12-28-21)29-17-3-2-13(7-26)6-16(17)24/h2-3,6,12,14-15,19H,4-5,8-11H2,1H3,(H,27,28,29)/t14-,15?,19?/m1/s1. The Morgan fingerprint density at radius 1 is 1.32 bits per heavy atom. The minimum atomic E-state index is -0.759. The Bertz CT molecular complexity index is 1140. The van der Waals surface area contributed by atoms with E-state index < -0.39 is 5.82 Å². The number of nitrogens with one attached hydrogen (secondary N) is 1. The predicted molar refractivity (Wildman–Crippen MR) is 119 cm³/mol. The number of aromatic nitrogens is 2. The summed E-state index contributed by atoms with van der Waals surface area (Å²) in [6.07, 6.45) is 2.27. The molecule has 0 spiro atoms. The van der Waals surface area contributed by atoms with Gasteiger partial charge in [0.15, 0.2) is 5.82 Å². The van der Waals surface area contributed by atoms with E-state index in [1.54, 1.807) is 17.0 Å². The van der Waals surface area contributed by atoms with E-state index in [4.69, 9.17) is 31.1 Å². The van der Waals surface area contributed by atoms with Gasteiger partial charge in [-0.3, -0.25) is 0 Å². The van der Waals surface area contributed by atoms with E-state index in [1.165, 1.54) is 12.4 Å². The number of amides is 1. The summed E-state index contributed by atoms with van der Waals surface area (Å²) in [5.41, 5.74) is 0.435. The summed E-state index contributed by atoms with van der Waals surface area (Å²) in [7, 11) is 0. The second kappa shape index (κ2) is 8.89. The largest absolute Gasteiger partial charge is 0.471 e. The van der Waals surface area contributed by atoms with Crippen LogP contribution in [-0.2, 0) is 9.47 Å². The summed E-state index contributed by atoms with van der Waals surface area (Å²) in [5.74, 6) is -1.34. The van der Waals surface area contributed by atoms with Crippen LogP contribution in [0.1, 0.15) is 25.3 Å². The van der Waals surface area contributed by atoms with Crippen molar-refractivity contribution < 1.29 is 23.4 Å². The minimum absolute atomic E-state index is 0.100. The minimum Gasteiger partial charge on any atom is -0.471 e. The van der Waals surface area contributed by atoms with Crippen LogP contribution in [0, 0.1) is 29.0 Å². The zero-order valence-electron chi connectivity index (χ0n) is 18.5. The topological polar surface area (TPSA) is 110 Å². The van der Waals surface area contributed by atoms with Crippen molar-refractivity contribution in [2.24, 2.45) is 11.8 Å². The van der Waals surface area contributed by atoms with Gasteiger partial charge in [-0.05, 0) is 38.0 Å². The number of piperidine rings is 1. The third-order valence-electron chi connectivity index (χ3n) is 6.41. The van der Waals surface area contributed by atoms with E-state index in [2.05, 4.69) is 15.3 Å². The maximum atomic E-state index is 15.2. The molecular formula is C23H23ClFN5O4. The molecule has 9 nitrogen and oxygen atoms in total. The smallest absolute Gasteiger partial charge is 0.410 e. The molecule has 3 aliphatic rings. The molecule has 1 aromatic carbocycles. The van der Waals surface area contributed by atoms with Gasteiger partial charge in [0, 0.05) is 24.9 Å². The number of likely N-dealkylation sites (tertiary alicyclic amines) is 1. The Kier molecular flexibility index (Phi) is 5.91. The summed E-state index contributed by atoms with van der Waals surface area (Å²) < 4.78 is 32.6. The van der Waals surface area contributed by atoms with Gasteiger partial charge in [-0.1, -0.05) is 11.6 Å². The van der Waals surface area contributed by atoms with Crippen molar-refractivity contribution in [1.29, 1.82) is 5.26 Å². The molecular weight excluding hydrogens is 465 g/mol. The molecule has 2 saturated heterocycles. The highest BCUT2D eigenvalue weighted by molar-refractivity contribution is 6.33. The maximum Gasteiger partial charge on any atom is 0.410 e. The molecule has 2 aromatic rings. The molecule has 2 unspecified atom stereocenters. The molecule has 0 radical (unpaired) electrons. The Hall–Kier alpha value is -3.16. The van der Waals surface area contributed by atoms with E-state index in [9.17, 15) is 4.79 Å². The fourth-order valence-electron chi connectivity index (χ4n) is 4.26. The number of rotatable bonds is 5. The first-order chi connectivity index (χ1) is 16.3. The zero-order chi connectivity index (χ0) is 23.9. The van der Waals surface area contributed by atoms with Crippen molar-refractivity contribution in [2.45, 2.75) is 31.5 Å². The number of anilines is 2. The van der Waals surface area contributed by atoms with Crippen LogP contribution in [0.3, 0.4) is 0 Å². The first-order valence-electron chi connectivity index (χ1n) is 11.0. The molecule has 3 heterocycles. The number of nitriles is 1. The summed E-state index contributed by atoms with van der Waals surface area (Å²) in [4.78, 5) is 22.2.